The lowest BCUT2D eigenvalue weighted by Crippen LogP contribution is -2.21. The van der Waals surface area contributed by atoms with Gasteiger partial charge in [-0.25, -0.2) is 0 Å². The molecule has 0 spiro atoms. The number of benzene rings is 1. The van der Waals surface area contributed by atoms with E-state index in [0.29, 0.717) is 5.92 Å². The van der Waals surface area contributed by atoms with Gasteiger partial charge in [-0.1, -0.05) is 28.1 Å². The first-order chi connectivity index (χ1) is 8.15. The number of rotatable bonds is 4. The van der Waals surface area contributed by atoms with Gasteiger partial charge in [-0.3, -0.25) is 0 Å². The van der Waals surface area contributed by atoms with Gasteiger partial charge in [-0.15, -0.1) is 0 Å². The normalized spacial score (nSPS) is 24.2. The molecule has 1 aliphatic carbocycles. The number of nitrogens with one attached hydrogen (secondary N) is 1. The van der Waals surface area contributed by atoms with E-state index in [2.05, 4.69) is 46.4 Å². The summed E-state index contributed by atoms with van der Waals surface area (Å²) >= 11 is 3.51. The van der Waals surface area contributed by atoms with Gasteiger partial charge in [0.2, 0.25) is 0 Å². The summed E-state index contributed by atoms with van der Waals surface area (Å²) in [6.07, 6.45) is 3.04. The first-order valence-electron chi connectivity index (χ1n) is 6.29. The Morgan fingerprint density at radius 2 is 2.24 bits per heavy atom. The zero-order chi connectivity index (χ0) is 12.3. The molecule has 2 N–H and O–H groups in total. The predicted molar refractivity (Wildman–Crippen MR) is 73.9 cm³/mol. The molecular weight excluding hydrogens is 278 g/mol. The predicted octanol–water partition coefficient (Wildman–Crippen LogP) is 3.01. The molecule has 1 aromatic carbocycles. The molecule has 1 fully saturated rings. The Hall–Kier alpha value is -0.380. The molecule has 2 atom stereocenters. The van der Waals surface area contributed by atoms with E-state index in [0.717, 1.165) is 32.4 Å². The van der Waals surface area contributed by atoms with Crippen molar-refractivity contribution in [3.8, 4) is 0 Å². The van der Waals surface area contributed by atoms with Gasteiger partial charge in [-0.05, 0) is 55.8 Å². The van der Waals surface area contributed by atoms with E-state index in [9.17, 15) is 5.11 Å². The van der Waals surface area contributed by atoms with Gasteiger partial charge >= 0.3 is 0 Å². The first-order valence-corrected chi connectivity index (χ1v) is 7.08. The minimum absolute atomic E-state index is 0.0586. The van der Waals surface area contributed by atoms with Crippen molar-refractivity contribution >= 4 is 15.9 Å². The number of hydrogen-bond donors (Lipinski definition) is 2. The molecule has 0 radical (unpaired) electrons. The van der Waals surface area contributed by atoms with Crippen LogP contribution in [0.4, 0.5) is 0 Å². The lowest BCUT2D eigenvalue weighted by atomic mass is 10.1. The Balaban J connectivity index is 1.76. The second-order valence-electron chi connectivity index (χ2n) is 5.05. The number of halogens is 1. The van der Waals surface area contributed by atoms with Crippen molar-refractivity contribution in [2.45, 2.75) is 38.8 Å². The van der Waals surface area contributed by atoms with Crippen molar-refractivity contribution < 1.29 is 5.11 Å². The zero-order valence-corrected chi connectivity index (χ0v) is 11.8. The second kappa shape index (κ2) is 5.98. The lowest BCUT2D eigenvalue weighted by Gasteiger charge is -2.11. The van der Waals surface area contributed by atoms with Crippen LogP contribution < -0.4 is 5.32 Å². The molecule has 0 bridgehead atoms. The fourth-order valence-electron chi connectivity index (χ4n) is 2.47. The first kappa shape index (κ1) is 13.1. The molecule has 0 saturated heterocycles. The van der Waals surface area contributed by atoms with Crippen molar-refractivity contribution in [1.29, 1.82) is 0 Å². The molecule has 0 heterocycles. The average Bonchev–Trinajstić information content (AvgIpc) is 2.70. The van der Waals surface area contributed by atoms with Crippen LogP contribution in [-0.4, -0.2) is 17.8 Å². The topological polar surface area (TPSA) is 32.3 Å². The quantitative estimate of drug-likeness (QED) is 0.895. The van der Waals surface area contributed by atoms with Crippen molar-refractivity contribution in [2.24, 2.45) is 5.92 Å². The molecule has 1 aromatic rings. The summed E-state index contributed by atoms with van der Waals surface area (Å²) in [6, 6.07) is 6.46. The van der Waals surface area contributed by atoms with Gasteiger partial charge < -0.3 is 10.4 Å². The van der Waals surface area contributed by atoms with Crippen molar-refractivity contribution in [1.82, 2.24) is 5.32 Å². The van der Waals surface area contributed by atoms with E-state index >= 15 is 0 Å². The van der Waals surface area contributed by atoms with Gasteiger partial charge in [-0.2, -0.15) is 0 Å². The van der Waals surface area contributed by atoms with Crippen LogP contribution in [0.5, 0.6) is 0 Å². The van der Waals surface area contributed by atoms with Crippen LogP contribution in [0.2, 0.25) is 0 Å². The highest BCUT2D eigenvalue weighted by Crippen LogP contribution is 2.24. The molecule has 2 rings (SSSR count). The zero-order valence-electron chi connectivity index (χ0n) is 10.2. The maximum Gasteiger partial charge on any atom is 0.0543 e. The Kier molecular flexibility index (Phi) is 4.60. The summed E-state index contributed by atoms with van der Waals surface area (Å²) < 4.78 is 1.17. The van der Waals surface area contributed by atoms with Crippen LogP contribution >= 0.6 is 15.9 Å². The highest BCUT2D eigenvalue weighted by atomic mass is 79.9. The van der Waals surface area contributed by atoms with Crippen LogP contribution in [0.25, 0.3) is 0 Å². The molecule has 0 aromatic heterocycles. The number of aliphatic hydroxyl groups excluding tert-OH is 1. The Labute approximate surface area is 112 Å². The summed E-state index contributed by atoms with van der Waals surface area (Å²) in [6.45, 7) is 4.05. The van der Waals surface area contributed by atoms with Crippen molar-refractivity contribution in [3.63, 3.8) is 0 Å². The summed E-state index contributed by atoms with van der Waals surface area (Å²) in [4.78, 5) is 0. The number of aryl methyl sites for hydroxylation is 1. The van der Waals surface area contributed by atoms with E-state index < -0.39 is 0 Å². The Bertz CT molecular complexity index is 380. The third-order valence-corrected chi connectivity index (χ3v) is 4.39. The van der Waals surface area contributed by atoms with Gasteiger partial charge in [0.05, 0.1) is 6.10 Å². The molecule has 2 unspecified atom stereocenters. The largest absolute Gasteiger partial charge is 0.393 e. The van der Waals surface area contributed by atoms with Crippen LogP contribution in [0.3, 0.4) is 0 Å². The van der Waals surface area contributed by atoms with E-state index in [1.807, 2.05) is 0 Å². The van der Waals surface area contributed by atoms with Gasteiger partial charge in [0.15, 0.2) is 0 Å². The third kappa shape index (κ3) is 3.80. The SMILES string of the molecule is Cc1cc(CNCC2CCC(O)C2)ccc1Br. The molecular formula is C14H20BrNO. The highest BCUT2D eigenvalue weighted by molar-refractivity contribution is 9.10. The molecule has 94 valence electrons. The second-order valence-corrected chi connectivity index (χ2v) is 5.90. The minimum atomic E-state index is -0.0586. The average molecular weight is 298 g/mol. The number of hydrogen-bond acceptors (Lipinski definition) is 2. The van der Waals surface area contributed by atoms with Crippen LogP contribution in [0.15, 0.2) is 22.7 Å². The summed E-state index contributed by atoms with van der Waals surface area (Å²) in [5, 5.41) is 12.9. The molecule has 0 amide bonds. The van der Waals surface area contributed by atoms with E-state index in [-0.39, 0.29) is 6.10 Å². The Morgan fingerprint density at radius 1 is 1.41 bits per heavy atom. The lowest BCUT2D eigenvalue weighted by molar-refractivity contribution is 0.177. The van der Waals surface area contributed by atoms with Crippen LogP contribution in [0.1, 0.15) is 30.4 Å². The molecule has 3 heteroatoms. The molecule has 2 nitrogen and oxygen atoms in total. The van der Waals surface area contributed by atoms with Crippen molar-refractivity contribution in [3.05, 3.63) is 33.8 Å². The maximum atomic E-state index is 9.45. The highest BCUT2D eigenvalue weighted by Gasteiger charge is 2.21. The third-order valence-electron chi connectivity index (χ3n) is 3.50. The fourth-order valence-corrected chi connectivity index (χ4v) is 2.72. The van der Waals surface area contributed by atoms with Crippen LogP contribution in [-0.2, 0) is 6.54 Å². The minimum Gasteiger partial charge on any atom is -0.393 e. The number of aliphatic hydroxyl groups is 1. The molecule has 0 aliphatic heterocycles. The van der Waals surface area contributed by atoms with E-state index in [1.54, 1.807) is 0 Å². The van der Waals surface area contributed by atoms with Crippen molar-refractivity contribution in [2.75, 3.05) is 6.54 Å². The van der Waals surface area contributed by atoms with E-state index in [4.69, 9.17) is 0 Å². The van der Waals surface area contributed by atoms with E-state index in [1.165, 1.54) is 15.6 Å². The Morgan fingerprint density at radius 3 is 2.88 bits per heavy atom. The smallest absolute Gasteiger partial charge is 0.0543 e. The molecule has 17 heavy (non-hydrogen) atoms. The monoisotopic (exact) mass is 297 g/mol. The van der Waals surface area contributed by atoms with Gasteiger partial charge in [0, 0.05) is 11.0 Å². The van der Waals surface area contributed by atoms with Gasteiger partial charge in [0.25, 0.3) is 0 Å². The van der Waals surface area contributed by atoms with Gasteiger partial charge in [0.1, 0.15) is 0 Å². The summed E-state index contributed by atoms with van der Waals surface area (Å²) in [7, 11) is 0. The van der Waals surface area contributed by atoms with Crippen LogP contribution in [0, 0.1) is 12.8 Å². The molecule has 1 aliphatic rings. The summed E-state index contributed by atoms with van der Waals surface area (Å²) in [5.74, 6) is 0.654. The fraction of sp³-hybridized carbons (Fsp3) is 0.571. The summed E-state index contributed by atoms with van der Waals surface area (Å²) in [5.41, 5.74) is 2.60. The maximum absolute atomic E-state index is 9.45. The standard InChI is InChI=1S/C14H20BrNO/c1-10-6-11(3-5-14(10)15)8-16-9-12-2-4-13(17)7-12/h3,5-6,12-13,16-17H,2,4,7-9H2,1H3. The molecule has 1 saturated carbocycles.